The SMILES string of the molecule is CC(C)(Cc1ccc(F)cc1)NC(=O)c1csc(C2CCN(C(=O)Nc3cc(-c4ccccc4)[nH]n3)CC2)n1. The minimum Gasteiger partial charge on any atom is -0.345 e. The molecule has 1 fully saturated rings. The van der Waals surface area contributed by atoms with Crippen molar-refractivity contribution in [3.63, 3.8) is 0 Å². The number of likely N-dealkylation sites (tertiary alicyclic amines) is 1. The van der Waals surface area contributed by atoms with E-state index in [4.69, 9.17) is 0 Å². The van der Waals surface area contributed by atoms with E-state index in [-0.39, 0.29) is 23.7 Å². The first-order valence-electron chi connectivity index (χ1n) is 12.9. The molecule has 0 spiro atoms. The highest BCUT2D eigenvalue weighted by molar-refractivity contribution is 7.09. The number of hydrogen-bond acceptors (Lipinski definition) is 5. The molecular weight excluding hydrogens is 515 g/mol. The molecule has 5 rings (SSSR count). The number of amides is 3. The summed E-state index contributed by atoms with van der Waals surface area (Å²) in [5.41, 5.74) is 2.66. The Morgan fingerprint density at radius 3 is 2.54 bits per heavy atom. The second kappa shape index (κ2) is 11.4. The molecule has 3 heterocycles. The molecular formula is C29H31FN6O2S. The second-order valence-electron chi connectivity index (χ2n) is 10.4. The number of aromatic amines is 1. The van der Waals surface area contributed by atoms with Crippen LogP contribution in [0.2, 0.25) is 0 Å². The average Bonchev–Trinajstić information content (AvgIpc) is 3.61. The summed E-state index contributed by atoms with van der Waals surface area (Å²) in [6, 6.07) is 17.8. The van der Waals surface area contributed by atoms with Crippen molar-refractivity contribution in [2.24, 2.45) is 0 Å². The Bertz CT molecular complexity index is 1430. The van der Waals surface area contributed by atoms with Gasteiger partial charge >= 0.3 is 6.03 Å². The number of anilines is 1. The van der Waals surface area contributed by atoms with Crippen LogP contribution >= 0.6 is 11.3 Å². The van der Waals surface area contributed by atoms with Crippen molar-refractivity contribution in [1.29, 1.82) is 0 Å². The van der Waals surface area contributed by atoms with Crippen LogP contribution in [0.1, 0.15) is 53.7 Å². The van der Waals surface area contributed by atoms with Crippen molar-refractivity contribution in [3.05, 3.63) is 88.1 Å². The molecule has 3 N–H and O–H groups in total. The van der Waals surface area contributed by atoms with Gasteiger partial charge in [-0.25, -0.2) is 14.2 Å². The molecule has 4 aromatic rings. The molecule has 0 aliphatic carbocycles. The van der Waals surface area contributed by atoms with Crippen molar-refractivity contribution in [2.75, 3.05) is 18.4 Å². The molecule has 2 aromatic carbocycles. The number of hydrogen-bond donors (Lipinski definition) is 3. The Hall–Kier alpha value is -4.05. The summed E-state index contributed by atoms with van der Waals surface area (Å²) in [4.78, 5) is 32.1. The maximum absolute atomic E-state index is 13.2. The van der Waals surface area contributed by atoms with Gasteiger partial charge < -0.3 is 10.2 Å². The van der Waals surface area contributed by atoms with Crippen LogP contribution in [0, 0.1) is 5.82 Å². The van der Waals surface area contributed by atoms with Crippen LogP contribution in [-0.2, 0) is 6.42 Å². The lowest BCUT2D eigenvalue weighted by molar-refractivity contribution is 0.0908. The minimum atomic E-state index is -0.520. The van der Waals surface area contributed by atoms with Gasteiger partial charge in [0.05, 0.1) is 10.7 Å². The Kier molecular flexibility index (Phi) is 7.74. The number of thiazole rings is 1. The fourth-order valence-corrected chi connectivity index (χ4v) is 5.75. The third kappa shape index (κ3) is 6.69. The lowest BCUT2D eigenvalue weighted by Crippen LogP contribution is -2.45. The highest BCUT2D eigenvalue weighted by atomic mass is 32.1. The van der Waals surface area contributed by atoms with Gasteiger partial charge in [-0.1, -0.05) is 42.5 Å². The number of nitrogens with zero attached hydrogens (tertiary/aromatic N) is 3. The van der Waals surface area contributed by atoms with Gasteiger partial charge in [0.15, 0.2) is 5.82 Å². The molecule has 3 amide bonds. The lowest BCUT2D eigenvalue weighted by Gasteiger charge is -2.30. The number of carbonyl (C=O) groups excluding carboxylic acids is 2. The van der Waals surface area contributed by atoms with Gasteiger partial charge in [-0.05, 0) is 56.4 Å². The molecule has 39 heavy (non-hydrogen) atoms. The molecule has 0 atom stereocenters. The number of H-pyrrole nitrogens is 1. The third-order valence-electron chi connectivity index (χ3n) is 6.79. The fraction of sp³-hybridized carbons (Fsp3) is 0.310. The number of rotatable bonds is 7. The highest BCUT2D eigenvalue weighted by Gasteiger charge is 2.28. The van der Waals surface area contributed by atoms with Crippen LogP contribution in [0.25, 0.3) is 11.3 Å². The van der Waals surface area contributed by atoms with Crippen LogP contribution in [0.15, 0.2) is 66.0 Å². The molecule has 0 radical (unpaired) electrons. The molecule has 10 heteroatoms. The maximum Gasteiger partial charge on any atom is 0.323 e. The largest absolute Gasteiger partial charge is 0.345 e. The van der Waals surface area contributed by atoms with Gasteiger partial charge in [0, 0.05) is 36.0 Å². The van der Waals surface area contributed by atoms with Crippen LogP contribution in [0.5, 0.6) is 0 Å². The van der Waals surface area contributed by atoms with Gasteiger partial charge in [0.2, 0.25) is 0 Å². The molecule has 2 aromatic heterocycles. The normalized spacial score (nSPS) is 14.3. The van der Waals surface area contributed by atoms with E-state index in [1.807, 2.05) is 50.2 Å². The number of carbonyl (C=O) groups is 2. The molecule has 8 nitrogen and oxygen atoms in total. The Balaban J connectivity index is 1.12. The van der Waals surface area contributed by atoms with E-state index in [1.54, 1.807) is 22.4 Å². The molecule has 0 saturated carbocycles. The van der Waals surface area contributed by atoms with Gasteiger partial charge in [0.1, 0.15) is 11.5 Å². The summed E-state index contributed by atoms with van der Waals surface area (Å²) >= 11 is 1.48. The zero-order chi connectivity index (χ0) is 27.4. The Labute approximate surface area is 230 Å². The van der Waals surface area contributed by atoms with Crippen LogP contribution in [0.3, 0.4) is 0 Å². The number of nitrogens with one attached hydrogen (secondary N) is 3. The maximum atomic E-state index is 13.2. The zero-order valence-corrected chi connectivity index (χ0v) is 22.7. The smallest absolute Gasteiger partial charge is 0.323 e. The van der Waals surface area contributed by atoms with E-state index < -0.39 is 5.54 Å². The van der Waals surface area contributed by atoms with Crippen LogP contribution in [-0.4, -0.2) is 50.6 Å². The molecule has 1 aliphatic rings. The molecule has 1 aliphatic heterocycles. The zero-order valence-electron chi connectivity index (χ0n) is 21.9. The number of piperidine rings is 1. The monoisotopic (exact) mass is 546 g/mol. The van der Waals surface area contributed by atoms with Crippen LogP contribution in [0.4, 0.5) is 15.0 Å². The van der Waals surface area contributed by atoms with Crippen molar-refractivity contribution in [2.45, 2.75) is 44.6 Å². The van der Waals surface area contributed by atoms with E-state index in [0.717, 1.165) is 34.7 Å². The molecule has 0 unspecified atom stereocenters. The average molecular weight is 547 g/mol. The fourth-order valence-electron chi connectivity index (χ4n) is 4.78. The first-order chi connectivity index (χ1) is 18.8. The summed E-state index contributed by atoms with van der Waals surface area (Å²) < 4.78 is 13.2. The molecule has 202 valence electrons. The number of aromatic nitrogens is 3. The van der Waals surface area contributed by atoms with E-state index in [1.165, 1.54) is 23.5 Å². The Morgan fingerprint density at radius 1 is 1.10 bits per heavy atom. The molecule has 1 saturated heterocycles. The quantitative estimate of drug-likeness (QED) is 0.271. The first kappa shape index (κ1) is 26.6. The van der Waals surface area contributed by atoms with Crippen molar-refractivity contribution in [1.82, 2.24) is 25.4 Å². The molecule has 0 bridgehead atoms. The number of urea groups is 1. The van der Waals surface area contributed by atoms with Crippen molar-refractivity contribution in [3.8, 4) is 11.3 Å². The highest BCUT2D eigenvalue weighted by Crippen LogP contribution is 2.31. The predicted octanol–water partition coefficient (Wildman–Crippen LogP) is 5.83. The van der Waals surface area contributed by atoms with Crippen molar-refractivity contribution >= 4 is 29.1 Å². The third-order valence-corrected chi connectivity index (χ3v) is 7.80. The van der Waals surface area contributed by atoms with E-state index in [2.05, 4.69) is 25.8 Å². The summed E-state index contributed by atoms with van der Waals surface area (Å²) in [6.07, 6.45) is 2.12. The topological polar surface area (TPSA) is 103 Å². The number of halogens is 1. The van der Waals surface area contributed by atoms with E-state index in [0.29, 0.717) is 31.0 Å². The second-order valence-corrected chi connectivity index (χ2v) is 11.3. The summed E-state index contributed by atoms with van der Waals surface area (Å²) in [6.45, 7) is 5.07. The van der Waals surface area contributed by atoms with Crippen LogP contribution < -0.4 is 10.6 Å². The number of benzene rings is 2. The minimum absolute atomic E-state index is 0.179. The predicted molar refractivity (Wildman–Crippen MR) is 150 cm³/mol. The van der Waals surface area contributed by atoms with Gasteiger partial charge in [-0.3, -0.25) is 15.2 Å². The van der Waals surface area contributed by atoms with Gasteiger partial charge in [-0.2, -0.15) is 5.10 Å². The van der Waals surface area contributed by atoms with Gasteiger partial charge in [-0.15, -0.1) is 11.3 Å². The van der Waals surface area contributed by atoms with Gasteiger partial charge in [0.25, 0.3) is 5.91 Å². The standard InChI is InChI=1S/C29H31FN6O2S/c1-29(2,17-19-8-10-22(30)11-9-19)33-26(37)24-18-39-27(31-24)21-12-14-36(15-13-21)28(38)32-25-16-23(34-35-25)20-6-4-3-5-7-20/h3-11,16,18,21H,12-15,17H2,1-2H3,(H,33,37)(H2,32,34,35,38). The van der Waals surface area contributed by atoms with Crippen molar-refractivity contribution < 1.29 is 14.0 Å². The Morgan fingerprint density at radius 2 is 1.82 bits per heavy atom. The summed E-state index contributed by atoms with van der Waals surface area (Å²) in [7, 11) is 0. The lowest BCUT2D eigenvalue weighted by atomic mass is 9.94. The van der Waals surface area contributed by atoms with E-state index >= 15 is 0 Å². The summed E-state index contributed by atoms with van der Waals surface area (Å²) in [5, 5.41) is 15.8. The summed E-state index contributed by atoms with van der Waals surface area (Å²) in [5.74, 6) is 0.175. The van der Waals surface area contributed by atoms with E-state index in [9.17, 15) is 14.0 Å². The first-order valence-corrected chi connectivity index (χ1v) is 13.8.